The zero-order chi connectivity index (χ0) is 16.2. The minimum atomic E-state index is -0.349. The Morgan fingerprint density at radius 2 is 1.65 bits per heavy atom. The Morgan fingerprint density at radius 3 is 2.22 bits per heavy atom. The van der Waals surface area contributed by atoms with Crippen LogP contribution >= 0.6 is 0 Å². The van der Waals surface area contributed by atoms with E-state index in [1.165, 1.54) is 20.0 Å². The van der Waals surface area contributed by atoms with Crippen LogP contribution in [0.1, 0.15) is 54.4 Å². The second-order valence-electron chi connectivity index (χ2n) is 6.36. The Bertz CT molecular complexity index is 596. The first-order valence-electron chi connectivity index (χ1n) is 8.38. The Kier molecular flexibility index (Phi) is 4.79. The number of hydrogen-bond donors (Lipinski definition) is 0. The summed E-state index contributed by atoms with van der Waals surface area (Å²) < 4.78 is 4.68. The molecule has 122 valence electrons. The van der Waals surface area contributed by atoms with Crippen LogP contribution in [0.5, 0.6) is 0 Å². The van der Waals surface area contributed by atoms with E-state index in [2.05, 4.69) is 9.64 Å². The van der Waals surface area contributed by atoms with E-state index in [4.69, 9.17) is 0 Å². The lowest BCUT2D eigenvalue weighted by molar-refractivity contribution is -0.128. The molecule has 2 saturated carbocycles. The number of nitrogens with zero attached hydrogens (tertiary/aromatic N) is 1. The van der Waals surface area contributed by atoms with E-state index < -0.39 is 0 Å². The van der Waals surface area contributed by atoms with Crippen LogP contribution in [0.15, 0.2) is 30.3 Å². The Balaban J connectivity index is 1.66. The highest BCUT2D eigenvalue weighted by Gasteiger charge is 2.37. The summed E-state index contributed by atoms with van der Waals surface area (Å²) in [6, 6.07) is 7.97. The topological polar surface area (TPSA) is 46.6 Å². The van der Waals surface area contributed by atoms with Crippen molar-refractivity contribution in [3.63, 3.8) is 0 Å². The summed E-state index contributed by atoms with van der Waals surface area (Å²) >= 11 is 0. The third kappa shape index (κ3) is 3.81. The molecule has 0 aliphatic heterocycles. The van der Waals surface area contributed by atoms with Crippen LogP contribution in [0.3, 0.4) is 0 Å². The van der Waals surface area contributed by atoms with Gasteiger partial charge in [0, 0.05) is 18.2 Å². The van der Waals surface area contributed by atoms with Gasteiger partial charge in [0.2, 0.25) is 5.91 Å². The zero-order valence-corrected chi connectivity index (χ0v) is 13.5. The van der Waals surface area contributed by atoms with Gasteiger partial charge in [-0.05, 0) is 49.5 Å². The molecule has 1 amide bonds. The van der Waals surface area contributed by atoms with E-state index in [0.717, 1.165) is 31.2 Å². The van der Waals surface area contributed by atoms with Crippen molar-refractivity contribution in [1.82, 2.24) is 4.90 Å². The molecular weight excluding hydrogens is 290 g/mol. The van der Waals surface area contributed by atoms with Gasteiger partial charge < -0.3 is 9.64 Å². The summed E-state index contributed by atoms with van der Waals surface area (Å²) in [4.78, 5) is 26.1. The van der Waals surface area contributed by atoms with Crippen molar-refractivity contribution < 1.29 is 14.3 Å². The molecule has 0 aromatic heterocycles. The standard InChI is InChI=1S/C19H23NO3/c1-23-19(22)15-9-6-14(7-10-15)8-13-18(21)20(17-11-12-17)16-4-2-3-5-16/h6-10,13,16-17H,2-5,11-12H2,1H3/b13-8+. The van der Waals surface area contributed by atoms with Crippen LogP contribution in [0.25, 0.3) is 6.08 Å². The van der Waals surface area contributed by atoms with Gasteiger partial charge in [0.05, 0.1) is 12.7 Å². The molecule has 0 N–H and O–H groups in total. The van der Waals surface area contributed by atoms with Gasteiger partial charge in [-0.1, -0.05) is 25.0 Å². The van der Waals surface area contributed by atoms with Gasteiger partial charge in [-0.25, -0.2) is 4.79 Å². The fourth-order valence-corrected chi connectivity index (χ4v) is 3.29. The monoisotopic (exact) mass is 313 g/mol. The first-order valence-corrected chi connectivity index (χ1v) is 8.38. The minimum absolute atomic E-state index is 0.122. The van der Waals surface area contributed by atoms with Crippen LogP contribution < -0.4 is 0 Å². The lowest BCUT2D eigenvalue weighted by Gasteiger charge is -2.27. The molecule has 0 spiro atoms. The quantitative estimate of drug-likeness (QED) is 0.618. The maximum absolute atomic E-state index is 12.6. The number of rotatable bonds is 5. The van der Waals surface area contributed by atoms with E-state index in [1.54, 1.807) is 18.2 Å². The van der Waals surface area contributed by atoms with E-state index >= 15 is 0 Å². The summed E-state index contributed by atoms with van der Waals surface area (Å²) in [6.45, 7) is 0. The smallest absolute Gasteiger partial charge is 0.337 e. The lowest BCUT2D eigenvalue weighted by atomic mass is 10.1. The molecule has 1 aromatic rings. The van der Waals surface area contributed by atoms with Gasteiger partial charge in [-0.3, -0.25) is 4.79 Å². The summed E-state index contributed by atoms with van der Waals surface area (Å²) in [5.41, 5.74) is 1.43. The van der Waals surface area contributed by atoms with Crippen molar-refractivity contribution in [2.24, 2.45) is 0 Å². The highest BCUT2D eigenvalue weighted by Crippen LogP contribution is 2.34. The van der Waals surface area contributed by atoms with Gasteiger partial charge in [0.1, 0.15) is 0 Å². The van der Waals surface area contributed by atoms with Gasteiger partial charge in [-0.15, -0.1) is 0 Å². The lowest BCUT2D eigenvalue weighted by Crippen LogP contribution is -2.39. The third-order valence-corrected chi connectivity index (χ3v) is 4.66. The van der Waals surface area contributed by atoms with Gasteiger partial charge in [0.25, 0.3) is 0 Å². The normalized spacial score (nSPS) is 18.3. The van der Waals surface area contributed by atoms with Crippen LogP contribution in [0, 0.1) is 0 Å². The fourth-order valence-electron chi connectivity index (χ4n) is 3.29. The number of benzene rings is 1. The molecule has 2 aliphatic carbocycles. The summed E-state index contributed by atoms with van der Waals surface area (Å²) in [7, 11) is 1.37. The van der Waals surface area contributed by atoms with Crippen molar-refractivity contribution >= 4 is 18.0 Å². The molecule has 1 aromatic carbocycles. The maximum atomic E-state index is 12.6. The number of methoxy groups -OCH3 is 1. The molecule has 3 rings (SSSR count). The number of ether oxygens (including phenoxy) is 1. The molecule has 0 atom stereocenters. The van der Waals surface area contributed by atoms with E-state index in [0.29, 0.717) is 17.6 Å². The molecule has 2 aliphatic rings. The number of amides is 1. The summed E-state index contributed by atoms with van der Waals surface area (Å²) in [5, 5.41) is 0. The highest BCUT2D eigenvalue weighted by atomic mass is 16.5. The molecular formula is C19H23NO3. The summed E-state index contributed by atoms with van der Waals surface area (Å²) in [6.07, 6.45) is 10.5. The minimum Gasteiger partial charge on any atom is -0.465 e. The predicted octanol–water partition coefficient (Wildman–Crippen LogP) is 3.42. The summed E-state index contributed by atoms with van der Waals surface area (Å²) in [5.74, 6) is -0.228. The van der Waals surface area contributed by atoms with Crippen molar-refractivity contribution in [3.05, 3.63) is 41.5 Å². The van der Waals surface area contributed by atoms with Crippen LogP contribution in [-0.2, 0) is 9.53 Å². The Morgan fingerprint density at radius 1 is 1.04 bits per heavy atom. The van der Waals surface area contributed by atoms with Crippen molar-refractivity contribution in [3.8, 4) is 0 Å². The molecule has 0 unspecified atom stereocenters. The molecule has 0 saturated heterocycles. The second-order valence-corrected chi connectivity index (χ2v) is 6.36. The highest BCUT2D eigenvalue weighted by molar-refractivity contribution is 5.93. The molecule has 4 nitrogen and oxygen atoms in total. The average Bonchev–Trinajstić information content (AvgIpc) is 3.26. The largest absolute Gasteiger partial charge is 0.465 e. The molecule has 0 radical (unpaired) electrons. The molecule has 23 heavy (non-hydrogen) atoms. The van der Waals surface area contributed by atoms with Gasteiger partial charge >= 0.3 is 5.97 Å². The zero-order valence-electron chi connectivity index (χ0n) is 13.5. The maximum Gasteiger partial charge on any atom is 0.337 e. The van der Waals surface area contributed by atoms with Crippen molar-refractivity contribution in [2.75, 3.05) is 7.11 Å². The molecule has 0 bridgehead atoms. The Labute approximate surface area is 137 Å². The van der Waals surface area contributed by atoms with E-state index in [1.807, 2.05) is 18.2 Å². The second kappa shape index (κ2) is 6.99. The molecule has 2 fully saturated rings. The number of carbonyl (C=O) groups is 2. The Hall–Kier alpha value is -2.10. The van der Waals surface area contributed by atoms with Crippen LogP contribution in [-0.4, -0.2) is 36.0 Å². The number of carbonyl (C=O) groups excluding carboxylic acids is 2. The molecule has 0 heterocycles. The van der Waals surface area contributed by atoms with Gasteiger partial charge in [0.15, 0.2) is 0 Å². The van der Waals surface area contributed by atoms with Gasteiger partial charge in [-0.2, -0.15) is 0 Å². The van der Waals surface area contributed by atoms with Crippen LogP contribution in [0.4, 0.5) is 0 Å². The van der Waals surface area contributed by atoms with Crippen molar-refractivity contribution in [1.29, 1.82) is 0 Å². The number of hydrogen-bond acceptors (Lipinski definition) is 3. The van der Waals surface area contributed by atoms with E-state index in [9.17, 15) is 9.59 Å². The first-order chi connectivity index (χ1) is 11.2. The van der Waals surface area contributed by atoms with Crippen LogP contribution in [0.2, 0.25) is 0 Å². The SMILES string of the molecule is COC(=O)c1ccc(/C=C/C(=O)N(C2CCCC2)C2CC2)cc1. The first kappa shape index (κ1) is 15.8. The molecule has 4 heteroatoms. The fraction of sp³-hybridized carbons (Fsp3) is 0.474. The average molecular weight is 313 g/mol. The number of esters is 1. The van der Waals surface area contributed by atoms with E-state index in [-0.39, 0.29) is 11.9 Å². The predicted molar refractivity (Wildman–Crippen MR) is 88.9 cm³/mol. The third-order valence-electron chi connectivity index (χ3n) is 4.66. The van der Waals surface area contributed by atoms with Crippen molar-refractivity contribution in [2.45, 2.75) is 50.6 Å².